The second-order valence-electron chi connectivity index (χ2n) is 5.81. The van der Waals surface area contributed by atoms with Gasteiger partial charge in [0.05, 0.1) is 5.69 Å². The highest BCUT2D eigenvalue weighted by atomic mass is 16.1. The monoisotopic (exact) mass is 231 g/mol. The van der Waals surface area contributed by atoms with Gasteiger partial charge in [-0.1, -0.05) is 0 Å². The number of rotatable bonds is 1. The van der Waals surface area contributed by atoms with Gasteiger partial charge in [-0.25, -0.2) is 4.98 Å². The van der Waals surface area contributed by atoms with Gasteiger partial charge >= 0.3 is 0 Å². The van der Waals surface area contributed by atoms with Crippen molar-refractivity contribution in [1.29, 1.82) is 0 Å². The van der Waals surface area contributed by atoms with Gasteiger partial charge in [-0.15, -0.1) is 0 Å². The van der Waals surface area contributed by atoms with E-state index in [1.807, 2.05) is 0 Å². The first-order valence-electron chi connectivity index (χ1n) is 6.63. The molecule has 5 rings (SSSR count). The first kappa shape index (κ1) is 9.83. The molecule has 1 aromatic heterocycles. The Bertz CT molecular complexity index is 522. The fourth-order valence-electron chi connectivity index (χ4n) is 3.64. The van der Waals surface area contributed by atoms with Gasteiger partial charge in [0.15, 0.2) is 0 Å². The minimum Gasteiger partial charge on any atom is -0.313 e. The first-order chi connectivity index (χ1) is 8.27. The third-order valence-corrected chi connectivity index (χ3v) is 4.70. The van der Waals surface area contributed by atoms with Crippen LogP contribution in [-0.4, -0.2) is 22.6 Å². The van der Waals surface area contributed by atoms with E-state index < -0.39 is 0 Å². The van der Waals surface area contributed by atoms with Crippen molar-refractivity contribution in [3.8, 4) is 0 Å². The number of hydrogen-bond donors (Lipinski definition) is 2. The normalized spacial score (nSPS) is 34.2. The molecule has 2 bridgehead atoms. The van der Waals surface area contributed by atoms with E-state index in [0.29, 0.717) is 6.04 Å². The number of hydrogen-bond acceptors (Lipinski definition) is 3. The highest BCUT2D eigenvalue weighted by Gasteiger charge is 2.53. The SMILES string of the molecule is O=c1[nH]c(C23CNC(C2)C3)nc2c1CCCC2. The molecule has 4 heteroatoms. The highest BCUT2D eigenvalue weighted by Crippen LogP contribution is 2.46. The maximum Gasteiger partial charge on any atom is 0.254 e. The standard InChI is InChI=1S/C13H17N3O/c17-11-9-3-1-2-4-10(9)15-12(16-11)13-5-8(6-13)14-7-13/h8,14H,1-7H2,(H,15,16,17). The van der Waals surface area contributed by atoms with Crippen LogP contribution in [0.1, 0.15) is 42.8 Å². The zero-order valence-corrected chi connectivity index (χ0v) is 9.88. The third kappa shape index (κ3) is 1.27. The summed E-state index contributed by atoms with van der Waals surface area (Å²) in [6, 6.07) is 0.663. The molecular weight excluding hydrogens is 214 g/mol. The van der Waals surface area contributed by atoms with E-state index >= 15 is 0 Å². The lowest BCUT2D eigenvalue weighted by Gasteiger charge is -2.36. The molecule has 0 radical (unpaired) electrons. The van der Waals surface area contributed by atoms with Crippen molar-refractivity contribution in [3.63, 3.8) is 0 Å². The van der Waals surface area contributed by atoms with Crippen molar-refractivity contribution in [2.75, 3.05) is 6.54 Å². The Balaban J connectivity index is 1.82. The fourth-order valence-corrected chi connectivity index (χ4v) is 3.64. The maximum absolute atomic E-state index is 12.1. The lowest BCUT2D eigenvalue weighted by molar-refractivity contribution is 0.287. The third-order valence-electron chi connectivity index (χ3n) is 4.70. The summed E-state index contributed by atoms with van der Waals surface area (Å²) < 4.78 is 0. The fraction of sp³-hybridized carbons (Fsp3) is 0.692. The molecule has 1 aromatic rings. The smallest absolute Gasteiger partial charge is 0.254 e. The first-order valence-corrected chi connectivity index (χ1v) is 6.63. The molecule has 4 nitrogen and oxygen atoms in total. The van der Waals surface area contributed by atoms with Crippen LogP contribution in [0.5, 0.6) is 0 Å². The second kappa shape index (κ2) is 3.19. The highest BCUT2D eigenvalue weighted by molar-refractivity contribution is 5.28. The van der Waals surface area contributed by atoms with Crippen LogP contribution in [0, 0.1) is 0 Å². The van der Waals surface area contributed by atoms with E-state index in [2.05, 4.69) is 10.3 Å². The molecular formula is C13H17N3O. The molecule has 2 aliphatic carbocycles. The van der Waals surface area contributed by atoms with Crippen molar-refractivity contribution < 1.29 is 0 Å². The van der Waals surface area contributed by atoms with E-state index in [4.69, 9.17) is 4.98 Å². The average Bonchev–Trinajstić information content (AvgIpc) is 2.88. The van der Waals surface area contributed by atoms with Gasteiger partial charge < -0.3 is 10.3 Å². The molecule has 0 amide bonds. The van der Waals surface area contributed by atoms with Crippen LogP contribution in [0.2, 0.25) is 0 Å². The van der Waals surface area contributed by atoms with Crippen molar-refractivity contribution in [3.05, 3.63) is 27.4 Å². The summed E-state index contributed by atoms with van der Waals surface area (Å²) in [5, 5.41) is 3.47. The van der Waals surface area contributed by atoms with Crippen LogP contribution in [0.4, 0.5) is 0 Å². The van der Waals surface area contributed by atoms with Crippen molar-refractivity contribution >= 4 is 0 Å². The Kier molecular flexibility index (Phi) is 1.85. The second-order valence-corrected chi connectivity index (χ2v) is 5.81. The maximum atomic E-state index is 12.1. The molecule has 2 N–H and O–H groups in total. The van der Waals surface area contributed by atoms with Crippen molar-refractivity contribution in [1.82, 2.24) is 15.3 Å². The largest absolute Gasteiger partial charge is 0.313 e. The van der Waals surface area contributed by atoms with Gasteiger partial charge in [-0.05, 0) is 38.5 Å². The van der Waals surface area contributed by atoms with Crippen LogP contribution in [0.25, 0.3) is 0 Å². The number of aryl methyl sites for hydroxylation is 1. The van der Waals surface area contributed by atoms with Crippen molar-refractivity contribution in [2.24, 2.45) is 0 Å². The summed E-state index contributed by atoms with van der Waals surface area (Å²) >= 11 is 0. The summed E-state index contributed by atoms with van der Waals surface area (Å²) in [4.78, 5) is 19.9. The van der Waals surface area contributed by atoms with Gasteiger partial charge in [0.25, 0.3) is 5.56 Å². The summed E-state index contributed by atoms with van der Waals surface area (Å²) in [5.41, 5.74) is 2.28. The van der Waals surface area contributed by atoms with Gasteiger partial charge in [0, 0.05) is 23.6 Å². The predicted molar refractivity (Wildman–Crippen MR) is 64.2 cm³/mol. The number of nitrogens with zero attached hydrogens (tertiary/aromatic N) is 1. The molecule has 90 valence electrons. The summed E-state index contributed by atoms with van der Waals surface area (Å²) in [6.45, 7) is 0.986. The van der Waals surface area contributed by atoms with Crippen molar-refractivity contribution in [2.45, 2.75) is 50.0 Å². The number of aromatic nitrogens is 2. The average molecular weight is 231 g/mol. The number of H-pyrrole nitrogens is 1. The molecule has 3 heterocycles. The number of nitrogens with one attached hydrogen (secondary N) is 2. The Morgan fingerprint density at radius 2 is 2.06 bits per heavy atom. The minimum atomic E-state index is 0.120. The summed E-state index contributed by atoms with van der Waals surface area (Å²) in [6.07, 6.45) is 6.50. The van der Waals surface area contributed by atoms with E-state index in [0.717, 1.165) is 55.7 Å². The molecule has 2 saturated heterocycles. The van der Waals surface area contributed by atoms with E-state index in [9.17, 15) is 4.79 Å². The molecule has 0 aromatic carbocycles. The molecule has 3 fully saturated rings. The van der Waals surface area contributed by atoms with Gasteiger partial charge in [0.1, 0.15) is 5.82 Å². The molecule has 1 saturated carbocycles. The quantitative estimate of drug-likeness (QED) is 0.746. The van der Waals surface area contributed by atoms with E-state index in [1.54, 1.807) is 0 Å². The van der Waals surface area contributed by atoms with Gasteiger partial charge in [0.2, 0.25) is 0 Å². The molecule has 0 atom stereocenters. The van der Waals surface area contributed by atoms with Gasteiger partial charge in [-0.2, -0.15) is 0 Å². The lowest BCUT2D eigenvalue weighted by Crippen LogP contribution is -2.41. The van der Waals surface area contributed by atoms with Crippen LogP contribution < -0.4 is 10.9 Å². The summed E-state index contributed by atoms with van der Waals surface area (Å²) in [7, 11) is 0. The summed E-state index contributed by atoms with van der Waals surface area (Å²) in [5.74, 6) is 0.949. The van der Waals surface area contributed by atoms with E-state index in [-0.39, 0.29) is 11.0 Å². The van der Waals surface area contributed by atoms with Crippen LogP contribution >= 0.6 is 0 Å². The molecule has 0 unspecified atom stereocenters. The minimum absolute atomic E-state index is 0.120. The number of aromatic amines is 1. The van der Waals surface area contributed by atoms with Crippen LogP contribution in [0.15, 0.2) is 4.79 Å². The Morgan fingerprint density at radius 1 is 1.24 bits per heavy atom. The Labute approximate surface area is 99.8 Å². The lowest BCUT2D eigenvalue weighted by atomic mass is 9.69. The zero-order chi connectivity index (χ0) is 11.5. The van der Waals surface area contributed by atoms with Crippen LogP contribution in [-0.2, 0) is 18.3 Å². The molecule has 4 aliphatic rings. The molecule has 0 spiro atoms. The van der Waals surface area contributed by atoms with Crippen LogP contribution in [0.3, 0.4) is 0 Å². The Morgan fingerprint density at radius 3 is 2.82 bits per heavy atom. The topological polar surface area (TPSA) is 57.8 Å². The number of fused-ring (bicyclic) bond motifs is 2. The van der Waals surface area contributed by atoms with E-state index in [1.165, 1.54) is 6.42 Å². The predicted octanol–water partition coefficient (Wildman–Crippen LogP) is 0.652. The molecule has 17 heavy (non-hydrogen) atoms. The molecule has 2 aliphatic heterocycles. The Hall–Kier alpha value is -1.16. The van der Waals surface area contributed by atoms with Gasteiger partial charge in [-0.3, -0.25) is 4.79 Å². The zero-order valence-electron chi connectivity index (χ0n) is 9.88.